The van der Waals surface area contributed by atoms with E-state index in [0.29, 0.717) is 48.7 Å². The second-order valence-electron chi connectivity index (χ2n) is 9.85. The number of aliphatic hydroxyl groups is 1. The molecule has 6 atom stereocenters. The Labute approximate surface area is 191 Å². The van der Waals surface area contributed by atoms with Crippen molar-refractivity contribution in [2.75, 3.05) is 26.3 Å². The minimum absolute atomic E-state index is 0.0281. The normalized spacial score (nSPS) is 35.8. The fourth-order valence-corrected chi connectivity index (χ4v) is 5.80. The number of aliphatic hydroxyl groups excluding tert-OH is 1. The molecule has 2 amide bonds. The molecule has 0 aliphatic heterocycles. The topological polar surface area (TPSA) is 96.9 Å². The van der Waals surface area contributed by atoms with Gasteiger partial charge in [-0.05, 0) is 86.9 Å². The van der Waals surface area contributed by atoms with Gasteiger partial charge in [-0.15, -0.1) is 0 Å². The monoisotopic (exact) mass is 446 g/mol. The lowest BCUT2D eigenvalue weighted by molar-refractivity contribution is 0.116. The van der Waals surface area contributed by atoms with E-state index in [1.54, 1.807) is 0 Å². The van der Waals surface area contributed by atoms with Crippen molar-refractivity contribution in [3.8, 4) is 0 Å². The SMILES string of the molecule is O=C(NCC(O)CNC(=O)OCC1[C@H]2CC/C=C/CC[C@@H]12)OCC1[C@H]2CC/C=C/CC[C@@H]12. The van der Waals surface area contributed by atoms with Crippen LogP contribution in [-0.2, 0) is 9.47 Å². The van der Waals surface area contributed by atoms with Crippen LogP contribution in [0, 0.1) is 35.5 Å². The molecule has 2 saturated carbocycles. The van der Waals surface area contributed by atoms with E-state index in [1.165, 1.54) is 25.7 Å². The van der Waals surface area contributed by atoms with Crippen molar-refractivity contribution >= 4 is 12.2 Å². The molecular weight excluding hydrogens is 408 g/mol. The minimum atomic E-state index is -0.890. The summed E-state index contributed by atoms with van der Waals surface area (Å²) in [6.45, 7) is 0.947. The Bertz CT molecular complexity index is 618. The van der Waals surface area contributed by atoms with Crippen LogP contribution >= 0.6 is 0 Å². The van der Waals surface area contributed by atoms with Gasteiger partial charge in [0.1, 0.15) is 0 Å². The molecule has 4 rings (SSSR count). The molecule has 0 heterocycles. The molecule has 2 unspecified atom stereocenters. The fourth-order valence-electron chi connectivity index (χ4n) is 5.80. The number of hydrogen-bond donors (Lipinski definition) is 3. The number of rotatable bonds is 8. The van der Waals surface area contributed by atoms with Crippen LogP contribution in [0.3, 0.4) is 0 Å². The Morgan fingerprint density at radius 1 is 0.719 bits per heavy atom. The molecule has 7 heteroatoms. The Morgan fingerprint density at radius 2 is 1.06 bits per heavy atom. The van der Waals surface area contributed by atoms with Gasteiger partial charge in [0.2, 0.25) is 0 Å². The molecular formula is C25H38N2O5. The van der Waals surface area contributed by atoms with Crippen molar-refractivity contribution in [1.29, 1.82) is 0 Å². The molecule has 0 bridgehead atoms. The third-order valence-corrected chi connectivity index (χ3v) is 7.80. The Balaban J connectivity index is 1.03. The summed E-state index contributed by atoms with van der Waals surface area (Å²) in [7, 11) is 0. The van der Waals surface area contributed by atoms with Gasteiger partial charge in [-0.3, -0.25) is 0 Å². The summed E-state index contributed by atoms with van der Waals surface area (Å²) in [5, 5.41) is 15.2. The van der Waals surface area contributed by atoms with Gasteiger partial charge in [-0.25, -0.2) is 9.59 Å². The fraction of sp³-hybridized carbons (Fsp3) is 0.760. The van der Waals surface area contributed by atoms with Crippen molar-refractivity contribution in [1.82, 2.24) is 10.6 Å². The maximum absolute atomic E-state index is 11.9. The van der Waals surface area contributed by atoms with Crippen LogP contribution in [0.1, 0.15) is 51.4 Å². The highest BCUT2D eigenvalue weighted by atomic mass is 16.6. The highest BCUT2D eigenvalue weighted by Crippen LogP contribution is 2.53. The highest BCUT2D eigenvalue weighted by molar-refractivity contribution is 5.68. The summed E-state index contributed by atoms with van der Waals surface area (Å²) in [4.78, 5) is 23.9. The first kappa shape index (κ1) is 23.1. The van der Waals surface area contributed by atoms with E-state index in [1.807, 2.05) is 0 Å². The third kappa shape index (κ3) is 6.50. The van der Waals surface area contributed by atoms with Crippen LogP contribution in [0.15, 0.2) is 24.3 Å². The van der Waals surface area contributed by atoms with Gasteiger partial charge >= 0.3 is 12.2 Å². The van der Waals surface area contributed by atoms with Crippen molar-refractivity contribution in [2.45, 2.75) is 57.5 Å². The molecule has 0 aromatic heterocycles. The van der Waals surface area contributed by atoms with Crippen LogP contribution in [0.5, 0.6) is 0 Å². The van der Waals surface area contributed by atoms with E-state index in [4.69, 9.17) is 9.47 Å². The van der Waals surface area contributed by atoms with E-state index in [9.17, 15) is 14.7 Å². The molecule has 0 saturated heterocycles. The minimum Gasteiger partial charge on any atom is -0.449 e. The average Bonchev–Trinajstić information content (AvgIpc) is 3.60. The summed E-state index contributed by atoms with van der Waals surface area (Å²) in [5.74, 6) is 3.67. The standard InChI is InChI=1S/C25H38N2O5/c28-17(13-26-24(29)31-15-22-18-9-5-1-2-6-10-19(18)22)14-27-25(30)32-16-23-20-11-7-3-4-8-12-21(20)23/h1-4,17-23,28H,5-16H2,(H,26,29)(H,27,30)/b2-1+,4-3+/t17?,18-,19+,20-,21+,22?,23?. The van der Waals surface area contributed by atoms with E-state index >= 15 is 0 Å². The number of hydrogen-bond acceptors (Lipinski definition) is 5. The van der Waals surface area contributed by atoms with Gasteiger partial charge in [0, 0.05) is 13.1 Å². The van der Waals surface area contributed by atoms with Gasteiger partial charge in [0.05, 0.1) is 19.3 Å². The molecule has 4 aliphatic rings. The summed E-state index contributed by atoms with van der Waals surface area (Å²) in [5.41, 5.74) is 0. The largest absolute Gasteiger partial charge is 0.449 e. The highest BCUT2D eigenvalue weighted by Gasteiger charge is 2.50. The second-order valence-corrected chi connectivity index (χ2v) is 9.85. The third-order valence-electron chi connectivity index (χ3n) is 7.80. The van der Waals surface area contributed by atoms with E-state index in [0.717, 1.165) is 25.7 Å². The molecule has 0 radical (unpaired) electrons. The molecule has 4 aliphatic carbocycles. The zero-order valence-corrected chi connectivity index (χ0v) is 18.9. The van der Waals surface area contributed by atoms with Gasteiger partial charge in [0.15, 0.2) is 0 Å². The maximum atomic E-state index is 11.9. The quantitative estimate of drug-likeness (QED) is 0.493. The van der Waals surface area contributed by atoms with Gasteiger partial charge in [0.25, 0.3) is 0 Å². The molecule has 7 nitrogen and oxygen atoms in total. The first-order chi connectivity index (χ1) is 15.6. The zero-order chi connectivity index (χ0) is 22.3. The summed E-state index contributed by atoms with van der Waals surface area (Å²) >= 11 is 0. The number of allylic oxidation sites excluding steroid dienone is 4. The first-order valence-corrected chi connectivity index (χ1v) is 12.4. The molecule has 0 aromatic carbocycles. The number of ether oxygens (including phenoxy) is 2. The van der Waals surface area contributed by atoms with Crippen molar-refractivity contribution in [3.63, 3.8) is 0 Å². The van der Waals surface area contributed by atoms with Crippen LogP contribution < -0.4 is 10.6 Å². The van der Waals surface area contributed by atoms with Gasteiger partial charge < -0.3 is 25.2 Å². The number of amides is 2. The lowest BCUT2D eigenvalue weighted by Gasteiger charge is -2.13. The lowest BCUT2D eigenvalue weighted by atomic mass is 10.1. The van der Waals surface area contributed by atoms with Crippen LogP contribution in [0.4, 0.5) is 9.59 Å². The second kappa shape index (κ2) is 11.2. The zero-order valence-electron chi connectivity index (χ0n) is 18.9. The predicted molar refractivity (Wildman–Crippen MR) is 121 cm³/mol. The Kier molecular flexibility index (Phi) is 8.11. The van der Waals surface area contributed by atoms with Crippen LogP contribution in [0.25, 0.3) is 0 Å². The van der Waals surface area contributed by atoms with Crippen LogP contribution in [-0.4, -0.2) is 49.7 Å². The van der Waals surface area contributed by atoms with E-state index < -0.39 is 18.3 Å². The van der Waals surface area contributed by atoms with E-state index in [2.05, 4.69) is 34.9 Å². The number of alkyl carbamates (subject to hydrolysis) is 2. The number of fused-ring (bicyclic) bond motifs is 2. The van der Waals surface area contributed by atoms with Gasteiger partial charge in [-0.1, -0.05) is 24.3 Å². The van der Waals surface area contributed by atoms with Crippen LogP contribution in [0.2, 0.25) is 0 Å². The van der Waals surface area contributed by atoms with Crippen molar-refractivity contribution < 1.29 is 24.2 Å². The van der Waals surface area contributed by atoms with Gasteiger partial charge in [-0.2, -0.15) is 0 Å². The van der Waals surface area contributed by atoms with Crippen molar-refractivity contribution in [2.24, 2.45) is 35.5 Å². The number of nitrogens with one attached hydrogen (secondary N) is 2. The lowest BCUT2D eigenvalue weighted by Crippen LogP contribution is -2.40. The Morgan fingerprint density at radius 3 is 1.41 bits per heavy atom. The summed E-state index contributed by atoms with van der Waals surface area (Å²) in [6, 6.07) is 0. The first-order valence-electron chi connectivity index (χ1n) is 12.4. The number of carbonyl (C=O) groups excluding carboxylic acids is 2. The molecule has 178 valence electrons. The number of carbonyl (C=O) groups is 2. The summed E-state index contributed by atoms with van der Waals surface area (Å²) in [6.07, 6.45) is 16.3. The Hall–Kier alpha value is -2.02. The molecule has 2 fully saturated rings. The smallest absolute Gasteiger partial charge is 0.407 e. The molecule has 3 N–H and O–H groups in total. The molecule has 0 spiro atoms. The van der Waals surface area contributed by atoms with E-state index in [-0.39, 0.29) is 13.1 Å². The van der Waals surface area contributed by atoms with Crippen molar-refractivity contribution in [3.05, 3.63) is 24.3 Å². The average molecular weight is 447 g/mol. The molecule has 0 aromatic rings. The maximum Gasteiger partial charge on any atom is 0.407 e. The predicted octanol–water partition coefficient (Wildman–Crippen LogP) is 3.78. The molecule has 32 heavy (non-hydrogen) atoms. The summed E-state index contributed by atoms with van der Waals surface area (Å²) < 4.78 is 10.7.